The van der Waals surface area contributed by atoms with Crippen molar-refractivity contribution < 1.29 is 4.39 Å². The molecule has 0 spiro atoms. The fourth-order valence-electron chi connectivity index (χ4n) is 3.31. The smallest absolute Gasteiger partial charge is 0.128 e. The van der Waals surface area contributed by atoms with Crippen molar-refractivity contribution in [1.82, 2.24) is 9.55 Å². The van der Waals surface area contributed by atoms with E-state index >= 15 is 0 Å². The molecule has 1 aliphatic rings. The van der Waals surface area contributed by atoms with Crippen LogP contribution in [0.25, 0.3) is 11.0 Å². The van der Waals surface area contributed by atoms with Gasteiger partial charge in [0.05, 0.1) is 16.4 Å². The van der Waals surface area contributed by atoms with Gasteiger partial charge in [-0.1, -0.05) is 6.92 Å². The van der Waals surface area contributed by atoms with E-state index < -0.39 is 0 Å². The van der Waals surface area contributed by atoms with Crippen LogP contribution in [0.1, 0.15) is 56.3 Å². The minimum atomic E-state index is -0.199. The quantitative estimate of drug-likeness (QED) is 0.722. The van der Waals surface area contributed by atoms with Gasteiger partial charge in [0, 0.05) is 11.6 Å². The lowest BCUT2D eigenvalue weighted by molar-refractivity contribution is 0.137. The van der Waals surface area contributed by atoms with Gasteiger partial charge in [0.2, 0.25) is 0 Å². The normalized spacial score (nSPS) is 19.1. The van der Waals surface area contributed by atoms with E-state index in [2.05, 4.69) is 16.5 Å². The fourth-order valence-corrected chi connectivity index (χ4v) is 3.45. The standard InChI is InChI=1S/C16H20ClFN2/c1-4-16(6-5-7-16)20-14-8-10(2)12(18)9-13(14)19-15(20)11(3)17/h8-9,11H,4-7H2,1-3H3. The van der Waals surface area contributed by atoms with Crippen LogP contribution in [0, 0.1) is 12.7 Å². The Labute approximate surface area is 123 Å². The van der Waals surface area contributed by atoms with Crippen LogP contribution >= 0.6 is 11.6 Å². The molecule has 1 unspecified atom stereocenters. The summed E-state index contributed by atoms with van der Waals surface area (Å²) < 4.78 is 16.1. The predicted molar refractivity (Wildman–Crippen MR) is 80.8 cm³/mol. The maximum absolute atomic E-state index is 13.8. The van der Waals surface area contributed by atoms with Gasteiger partial charge in [0.15, 0.2) is 0 Å². The van der Waals surface area contributed by atoms with Crippen LogP contribution in [-0.4, -0.2) is 9.55 Å². The van der Waals surface area contributed by atoms with E-state index in [0.29, 0.717) is 5.56 Å². The summed E-state index contributed by atoms with van der Waals surface area (Å²) in [5, 5.41) is -0.171. The fraction of sp³-hybridized carbons (Fsp3) is 0.562. The summed E-state index contributed by atoms with van der Waals surface area (Å²) in [7, 11) is 0. The Kier molecular flexibility index (Phi) is 3.28. The Morgan fingerprint density at radius 3 is 2.65 bits per heavy atom. The molecule has 2 aromatic rings. The van der Waals surface area contributed by atoms with Crippen molar-refractivity contribution in [2.24, 2.45) is 0 Å². The average molecular weight is 295 g/mol. The summed E-state index contributed by atoms with van der Waals surface area (Å²) in [6.07, 6.45) is 4.61. The summed E-state index contributed by atoms with van der Waals surface area (Å²) in [5.41, 5.74) is 2.53. The Bertz CT molecular complexity index is 651. The van der Waals surface area contributed by atoms with Crippen molar-refractivity contribution in [2.45, 2.75) is 57.4 Å². The molecule has 1 atom stereocenters. The maximum atomic E-state index is 13.8. The van der Waals surface area contributed by atoms with Crippen molar-refractivity contribution in [1.29, 1.82) is 0 Å². The first kappa shape index (κ1) is 13.9. The highest BCUT2D eigenvalue weighted by Crippen LogP contribution is 2.46. The van der Waals surface area contributed by atoms with E-state index in [1.165, 1.54) is 12.5 Å². The number of nitrogens with zero attached hydrogens (tertiary/aromatic N) is 2. The number of alkyl halides is 1. The van der Waals surface area contributed by atoms with Gasteiger partial charge >= 0.3 is 0 Å². The molecular formula is C16H20ClFN2. The number of benzene rings is 1. The van der Waals surface area contributed by atoms with Crippen LogP contribution in [0.2, 0.25) is 0 Å². The Morgan fingerprint density at radius 2 is 2.15 bits per heavy atom. The van der Waals surface area contributed by atoms with E-state index in [1.807, 2.05) is 13.0 Å². The molecule has 0 bridgehead atoms. The van der Waals surface area contributed by atoms with Crippen molar-refractivity contribution in [2.75, 3.05) is 0 Å². The summed E-state index contributed by atoms with van der Waals surface area (Å²) in [6.45, 7) is 5.95. The number of fused-ring (bicyclic) bond motifs is 1. The zero-order valence-corrected chi connectivity index (χ0v) is 13.0. The van der Waals surface area contributed by atoms with Crippen LogP contribution in [0.3, 0.4) is 0 Å². The minimum Gasteiger partial charge on any atom is -0.321 e. The average Bonchev–Trinajstić information content (AvgIpc) is 2.69. The topological polar surface area (TPSA) is 17.8 Å². The third-order valence-electron chi connectivity index (χ3n) is 4.73. The second-order valence-corrected chi connectivity index (χ2v) is 6.60. The van der Waals surface area contributed by atoms with Gasteiger partial charge in [0.1, 0.15) is 11.6 Å². The van der Waals surface area contributed by atoms with Crippen LogP contribution in [0.4, 0.5) is 4.39 Å². The Hall–Kier alpha value is -1.09. The molecule has 1 aromatic carbocycles. The second kappa shape index (κ2) is 4.73. The first-order valence-electron chi connectivity index (χ1n) is 7.31. The molecule has 0 amide bonds. The van der Waals surface area contributed by atoms with E-state index in [4.69, 9.17) is 11.6 Å². The monoisotopic (exact) mass is 294 g/mol. The van der Waals surface area contributed by atoms with Gasteiger partial charge in [-0.2, -0.15) is 0 Å². The zero-order chi connectivity index (χ0) is 14.5. The van der Waals surface area contributed by atoms with Crippen LogP contribution in [-0.2, 0) is 5.54 Å². The molecule has 108 valence electrons. The summed E-state index contributed by atoms with van der Waals surface area (Å²) in [5.74, 6) is 0.670. The van der Waals surface area contributed by atoms with Crippen LogP contribution in [0.15, 0.2) is 12.1 Å². The lowest BCUT2D eigenvalue weighted by Gasteiger charge is -2.44. The van der Waals surface area contributed by atoms with Crippen molar-refractivity contribution in [3.05, 3.63) is 29.3 Å². The van der Waals surface area contributed by atoms with Crippen molar-refractivity contribution in [3.8, 4) is 0 Å². The predicted octanol–water partition coefficient (Wildman–Crippen LogP) is 5.07. The third kappa shape index (κ3) is 1.86. The number of rotatable bonds is 3. The number of aryl methyl sites for hydroxylation is 1. The molecule has 0 radical (unpaired) electrons. The van der Waals surface area contributed by atoms with Crippen molar-refractivity contribution >= 4 is 22.6 Å². The molecule has 3 rings (SSSR count). The third-order valence-corrected chi connectivity index (χ3v) is 4.93. The molecule has 0 aliphatic heterocycles. The van der Waals surface area contributed by atoms with Gasteiger partial charge < -0.3 is 4.57 Å². The highest BCUT2D eigenvalue weighted by atomic mass is 35.5. The molecule has 0 N–H and O–H groups in total. The number of aromatic nitrogens is 2. The number of hydrogen-bond donors (Lipinski definition) is 0. The van der Waals surface area contributed by atoms with E-state index in [0.717, 1.165) is 36.1 Å². The highest BCUT2D eigenvalue weighted by molar-refractivity contribution is 6.20. The van der Waals surface area contributed by atoms with Crippen LogP contribution in [0.5, 0.6) is 0 Å². The molecule has 1 fully saturated rings. The number of imidazole rings is 1. The molecule has 20 heavy (non-hydrogen) atoms. The first-order valence-corrected chi connectivity index (χ1v) is 7.75. The first-order chi connectivity index (χ1) is 9.48. The SMILES string of the molecule is CCC1(n2c(C(C)Cl)nc3cc(F)c(C)cc32)CCC1. The Morgan fingerprint density at radius 1 is 1.45 bits per heavy atom. The zero-order valence-electron chi connectivity index (χ0n) is 12.2. The molecule has 1 saturated carbocycles. The number of hydrogen-bond acceptors (Lipinski definition) is 1. The molecule has 1 heterocycles. The maximum Gasteiger partial charge on any atom is 0.128 e. The van der Waals surface area contributed by atoms with Gasteiger partial charge in [0.25, 0.3) is 0 Å². The minimum absolute atomic E-state index is 0.123. The molecular weight excluding hydrogens is 275 g/mol. The lowest BCUT2D eigenvalue weighted by atomic mass is 9.74. The lowest BCUT2D eigenvalue weighted by Crippen LogP contribution is -2.41. The van der Waals surface area contributed by atoms with E-state index in [9.17, 15) is 4.39 Å². The molecule has 0 saturated heterocycles. The Balaban J connectivity index is 2.32. The van der Waals surface area contributed by atoms with E-state index in [1.54, 1.807) is 6.92 Å². The largest absolute Gasteiger partial charge is 0.321 e. The van der Waals surface area contributed by atoms with Gasteiger partial charge in [-0.25, -0.2) is 9.37 Å². The van der Waals surface area contributed by atoms with E-state index in [-0.39, 0.29) is 16.7 Å². The highest BCUT2D eigenvalue weighted by Gasteiger charge is 2.40. The summed E-state index contributed by atoms with van der Waals surface area (Å²) in [6, 6.07) is 3.45. The van der Waals surface area contributed by atoms with Gasteiger partial charge in [-0.05, 0) is 51.2 Å². The molecule has 1 aliphatic carbocycles. The van der Waals surface area contributed by atoms with Gasteiger partial charge in [-0.15, -0.1) is 11.6 Å². The summed E-state index contributed by atoms with van der Waals surface area (Å²) >= 11 is 6.33. The molecule has 4 heteroatoms. The number of halogens is 2. The molecule has 2 nitrogen and oxygen atoms in total. The molecule has 1 aromatic heterocycles. The summed E-state index contributed by atoms with van der Waals surface area (Å²) in [4.78, 5) is 4.60. The van der Waals surface area contributed by atoms with Gasteiger partial charge in [-0.3, -0.25) is 0 Å². The van der Waals surface area contributed by atoms with Crippen molar-refractivity contribution in [3.63, 3.8) is 0 Å². The van der Waals surface area contributed by atoms with Crippen LogP contribution < -0.4 is 0 Å². The second-order valence-electron chi connectivity index (χ2n) is 5.94.